The second kappa shape index (κ2) is 8.78. The molecule has 1 aliphatic rings. The third-order valence-corrected chi connectivity index (χ3v) is 8.46. The molecule has 0 amide bonds. The van der Waals surface area contributed by atoms with Crippen molar-refractivity contribution < 1.29 is 25.9 Å². The molecule has 1 saturated carbocycles. The van der Waals surface area contributed by atoms with Crippen LogP contribution in [0.15, 0.2) is 0 Å². The van der Waals surface area contributed by atoms with Crippen LogP contribution in [-0.4, -0.2) is 30.5 Å². The molecule has 0 atom stereocenters. The minimum Gasteiger partial charge on any atom is -0.284 e. The summed E-state index contributed by atoms with van der Waals surface area (Å²) in [7, 11) is -9.74. The van der Waals surface area contributed by atoms with Crippen molar-refractivity contribution in [3.63, 3.8) is 0 Å². The van der Waals surface area contributed by atoms with Crippen LogP contribution in [0.1, 0.15) is 84.0 Å². The molecule has 0 bridgehead atoms. The van der Waals surface area contributed by atoms with Crippen LogP contribution in [0.3, 0.4) is 0 Å². The number of hydrogen-bond donors (Lipinski definition) is 2. The highest BCUT2D eigenvalue weighted by atomic mass is 32.3. The molecule has 1 rings (SSSR count). The van der Waals surface area contributed by atoms with Gasteiger partial charge in [-0.3, -0.25) is 9.11 Å². The van der Waals surface area contributed by atoms with Gasteiger partial charge in [0.2, 0.25) is 4.58 Å². The van der Waals surface area contributed by atoms with Crippen molar-refractivity contribution in [3.8, 4) is 0 Å². The Morgan fingerprint density at radius 1 is 0.826 bits per heavy atom. The molecular formula is C15H30O6S2. The van der Waals surface area contributed by atoms with Crippen LogP contribution < -0.4 is 0 Å². The summed E-state index contributed by atoms with van der Waals surface area (Å²) < 4.78 is 63.5. The van der Waals surface area contributed by atoms with Crippen LogP contribution in [0.2, 0.25) is 0 Å². The molecule has 0 radical (unpaired) electrons. The first kappa shape index (κ1) is 20.9. The summed E-state index contributed by atoms with van der Waals surface area (Å²) >= 11 is 0. The Labute approximate surface area is 140 Å². The van der Waals surface area contributed by atoms with Gasteiger partial charge >= 0.3 is 0 Å². The van der Waals surface area contributed by atoms with E-state index in [1.54, 1.807) is 0 Å². The molecule has 1 fully saturated rings. The highest BCUT2D eigenvalue weighted by molar-refractivity contribution is 8.04. The standard InChI is InChI=1S/C15H30O6S2/c1-2-3-4-5-6-8-11-15(12-9-7-10-13-15)14(22(16,17)18)23(19,20)21/h14H,2-13H2,1H3,(H,16,17,18)(H,19,20,21). The van der Waals surface area contributed by atoms with Crippen LogP contribution in [-0.2, 0) is 20.2 Å². The average molecular weight is 371 g/mol. The quantitative estimate of drug-likeness (QED) is 0.447. The predicted octanol–water partition coefficient (Wildman–Crippen LogP) is 3.79. The first-order valence-electron chi connectivity index (χ1n) is 8.56. The maximum atomic E-state index is 11.7. The lowest BCUT2D eigenvalue weighted by Gasteiger charge is -2.40. The second-order valence-electron chi connectivity index (χ2n) is 6.80. The smallest absolute Gasteiger partial charge is 0.284 e. The lowest BCUT2D eigenvalue weighted by molar-refractivity contribution is 0.173. The van der Waals surface area contributed by atoms with E-state index in [2.05, 4.69) is 6.92 Å². The molecule has 8 heteroatoms. The van der Waals surface area contributed by atoms with E-state index in [1.165, 1.54) is 0 Å². The molecule has 0 aromatic rings. The largest absolute Gasteiger partial charge is 0.285 e. The Hall–Kier alpha value is -0.180. The van der Waals surface area contributed by atoms with E-state index in [9.17, 15) is 25.9 Å². The van der Waals surface area contributed by atoms with Gasteiger partial charge in [0.05, 0.1) is 0 Å². The Bertz CT molecular complexity index is 515. The molecular weight excluding hydrogens is 340 g/mol. The third-order valence-electron chi connectivity index (χ3n) is 4.92. The van der Waals surface area contributed by atoms with E-state index < -0.39 is 30.2 Å². The summed E-state index contributed by atoms with van der Waals surface area (Å²) in [5.41, 5.74) is -1.07. The molecule has 0 spiro atoms. The summed E-state index contributed by atoms with van der Waals surface area (Å²) in [6.45, 7) is 2.12. The van der Waals surface area contributed by atoms with Crippen molar-refractivity contribution >= 4 is 20.2 Å². The Kier molecular flexibility index (Phi) is 7.97. The van der Waals surface area contributed by atoms with Crippen molar-refractivity contribution in [1.82, 2.24) is 0 Å². The molecule has 0 saturated heterocycles. The molecule has 0 aromatic carbocycles. The van der Waals surface area contributed by atoms with Crippen molar-refractivity contribution in [3.05, 3.63) is 0 Å². The van der Waals surface area contributed by atoms with Gasteiger partial charge in [0, 0.05) is 5.41 Å². The highest BCUT2D eigenvalue weighted by Gasteiger charge is 2.53. The van der Waals surface area contributed by atoms with E-state index in [1.807, 2.05) is 0 Å². The minimum absolute atomic E-state index is 0.406. The zero-order valence-electron chi connectivity index (χ0n) is 13.9. The van der Waals surface area contributed by atoms with Crippen LogP contribution in [0.25, 0.3) is 0 Å². The predicted molar refractivity (Wildman–Crippen MR) is 90.4 cm³/mol. The van der Waals surface area contributed by atoms with Gasteiger partial charge in [0.15, 0.2) is 0 Å². The first-order valence-corrected chi connectivity index (χ1v) is 11.6. The monoisotopic (exact) mass is 370 g/mol. The molecule has 0 aromatic heterocycles. The normalized spacial score (nSPS) is 19.1. The van der Waals surface area contributed by atoms with E-state index in [4.69, 9.17) is 0 Å². The molecule has 138 valence electrons. The van der Waals surface area contributed by atoms with Gasteiger partial charge in [-0.2, -0.15) is 16.8 Å². The summed E-state index contributed by atoms with van der Waals surface area (Å²) in [4.78, 5) is 0. The van der Waals surface area contributed by atoms with E-state index >= 15 is 0 Å². The second-order valence-corrected chi connectivity index (χ2v) is 10.1. The molecule has 1 aliphatic carbocycles. The van der Waals surface area contributed by atoms with Gasteiger partial charge < -0.3 is 0 Å². The van der Waals surface area contributed by atoms with Crippen LogP contribution >= 0.6 is 0 Å². The lowest BCUT2D eigenvalue weighted by Crippen LogP contribution is -2.47. The molecule has 0 heterocycles. The van der Waals surface area contributed by atoms with Gasteiger partial charge in [-0.05, 0) is 19.3 Å². The lowest BCUT2D eigenvalue weighted by atomic mass is 9.72. The highest BCUT2D eigenvalue weighted by Crippen LogP contribution is 2.47. The van der Waals surface area contributed by atoms with Crippen molar-refractivity contribution in [2.24, 2.45) is 5.41 Å². The zero-order valence-corrected chi connectivity index (χ0v) is 15.5. The number of unbranched alkanes of at least 4 members (excludes halogenated alkanes) is 5. The van der Waals surface area contributed by atoms with E-state index in [-0.39, 0.29) is 0 Å². The molecule has 6 nitrogen and oxygen atoms in total. The fraction of sp³-hybridized carbons (Fsp3) is 1.00. The molecule has 0 unspecified atom stereocenters. The van der Waals surface area contributed by atoms with E-state index in [0.29, 0.717) is 25.7 Å². The van der Waals surface area contributed by atoms with Gasteiger partial charge in [-0.1, -0.05) is 64.7 Å². The molecule has 2 N–H and O–H groups in total. The Morgan fingerprint density at radius 2 is 1.30 bits per heavy atom. The fourth-order valence-corrected chi connectivity index (χ4v) is 7.10. The van der Waals surface area contributed by atoms with Crippen molar-refractivity contribution in [2.45, 2.75) is 88.6 Å². The Balaban J connectivity index is 2.88. The van der Waals surface area contributed by atoms with Crippen LogP contribution in [0.5, 0.6) is 0 Å². The van der Waals surface area contributed by atoms with Gasteiger partial charge in [-0.25, -0.2) is 0 Å². The first-order chi connectivity index (χ1) is 10.6. The summed E-state index contributed by atoms with van der Waals surface area (Å²) in [6.07, 6.45) is 9.65. The Morgan fingerprint density at radius 3 is 1.78 bits per heavy atom. The molecule has 0 aliphatic heterocycles. The third kappa shape index (κ3) is 6.32. The average Bonchev–Trinajstić information content (AvgIpc) is 2.40. The van der Waals surface area contributed by atoms with Gasteiger partial charge in [0.1, 0.15) is 0 Å². The maximum absolute atomic E-state index is 11.7. The zero-order chi connectivity index (χ0) is 17.6. The van der Waals surface area contributed by atoms with Crippen molar-refractivity contribution in [2.75, 3.05) is 0 Å². The summed E-state index contributed by atoms with van der Waals surface area (Å²) in [5, 5.41) is 0. The van der Waals surface area contributed by atoms with Gasteiger partial charge in [-0.15, -0.1) is 0 Å². The summed E-state index contributed by atoms with van der Waals surface area (Å²) in [6, 6.07) is 0. The van der Waals surface area contributed by atoms with E-state index in [0.717, 1.165) is 51.4 Å². The maximum Gasteiger partial charge on any atom is 0.285 e. The summed E-state index contributed by atoms with van der Waals surface area (Å²) in [5.74, 6) is 0. The molecule has 23 heavy (non-hydrogen) atoms. The number of hydrogen-bond acceptors (Lipinski definition) is 4. The minimum atomic E-state index is -4.87. The topological polar surface area (TPSA) is 109 Å². The SMILES string of the molecule is CCCCCCCCC1(C(S(=O)(=O)O)S(=O)(=O)O)CCCCC1. The fourth-order valence-electron chi connectivity index (χ4n) is 3.90. The van der Waals surface area contributed by atoms with Crippen molar-refractivity contribution in [1.29, 1.82) is 0 Å². The number of rotatable bonds is 10. The van der Waals surface area contributed by atoms with Crippen LogP contribution in [0, 0.1) is 5.41 Å². The van der Waals surface area contributed by atoms with Crippen LogP contribution in [0.4, 0.5) is 0 Å². The van der Waals surface area contributed by atoms with Gasteiger partial charge in [0.25, 0.3) is 20.2 Å².